The molecule has 0 fully saturated rings. The van der Waals surface area contributed by atoms with E-state index >= 15 is 0 Å². The molecule has 0 saturated heterocycles. The topological polar surface area (TPSA) is 46.2 Å². The Kier molecular flexibility index (Phi) is 5.37. The molecule has 3 nitrogen and oxygen atoms in total. The standard InChI is InChI=1S/C14H16BrNO2S2/c1-2-6-13(11-7-4-3-5-8-11)16-20(17,18)14-12(15)9-10-19-14/h3-5,7-10,13,16H,2,6H2,1H3. The molecule has 0 saturated carbocycles. The summed E-state index contributed by atoms with van der Waals surface area (Å²) >= 11 is 4.49. The average Bonchev–Trinajstić information content (AvgIpc) is 2.86. The second-order valence-corrected chi connectivity index (χ2v) is 8.11. The number of rotatable bonds is 6. The van der Waals surface area contributed by atoms with Gasteiger partial charge < -0.3 is 0 Å². The second-order valence-electron chi connectivity index (χ2n) is 4.43. The number of hydrogen-bond acceptors (Lipinski definition) is 3. The molecule has 0 bridgehead atoms. The SMILES string of the molecule is CCCC(NS(=O)(=O)c1sccc1Br)c1ccccc1. The maximum atomic E-state index is 12.4. The van der Waals surface area contributed by atoms with Gasteiger partial charge in [-0.2, -0.15) is 0 Å². The lowest BCUT2D eigenvalue weighted by molar-refractivity contribution is 0.537. The Hall–Kier alpha value is -0.690. The van der Waals surface area contributed by atoms with Gasteiger partial charge in [0.05, 0.1) is 0 Å². The van der Waals surface area contributed by atoms with Crippen LogP contribution in [0.3, 0.4) is 0 Å². The molecule has 1 unspecified atom stereocenters. The van der Waals surface area contributed by atoms with E-state index in [0.29, 0.717) is 8.68 Å². The van der Waals surface area contributed by atoms with Gasteiger partial charge in [-0.15, -0.1) is 11.3 Å². The van der Waals surface area contributed by atoms with Crippen molar-refractivity contribution in [3.05, 3.63) is 51.8 Å². The predicted molar refractivity (Wildman–Crippen MR) is 86.4 cm³/mol. The van der Waals surface area contributed by atoms with Crippen LogP contribution in [0.1, 0.15) is 31.4 Å². The van der Waals surface area contributed by atoms with Gasteiger partial charge in [-0.1, -0.05) is 43.7 Å². The largest absolute Gasteiger partial charge is 0.251 e. The first kappa shape index (κ1) is 15.7. The van der Waals surface area contributed by atoms with E-state index in [9.17, 15) is 8.42 Å². The molecule has 0 amide bonds. The summed E-state index contributed by atoms with van der Waals surface area (Å²) in [6, 6.07) is 11.2. The van der Waals surface area contributed by atoms with Gasteiger partial charge in [0, 0.05) is 10.5 Å². The molecule has 2 aromatic rings. The Morgan fingerprint density at radius 3 is 2.50 bits per heavy atom. The van der Waals surface area contributed by atoms with Crippen molar-refractivity contribution in [1.29, 1.82) is 0 Å². The molecule has 1 heterocycles. The number of hydrogen-bond donors (Lipinski definition) is 1. The fraction of sp³-hybridized carbons (Fsp3) is 0.286. The predicted octanol–water partition coefficient (Wildman–Crippen LogP) is 4.33. The Bertz CT molecular complexity index is 653. The zero-order chi connectivity index (χ0) is 14.6. The summed E-state index contributed by atoms with van der Waals surface area (Å²) in [5.74, 6) is 0. The number of halogens is 1. The summed E-state index contributed by atoms with van der Waals surface area (Å²) < 4.78 is 28.6. The molecule has 1 N–H and O–H groups in total. The monoisotopic (exact) mass is 373 g/mol. The molecular formula is C14H16BrNO2S2. The van der Waals surface area contributed by atoms with Crippen molar-refractivity contribution >= 4 is 37.3 Å². The highest BCUT2D eigenvalue weighted by Crippen LogP contribution is 2.29. The Balaban J connectivity index is 2.27. The van der Waals surface area contributed by atoms with Crippen LogP contribution in [0.15, 0.2) is 50.5 Å². The normalized spacial score (nSPS) is 13.3. The van der Waals surface area contributed by atoms with Crippen LogP contribution in [0, 0.1) is 0 Å². The van der Waals surface area contributed by atoms with E-state index in [0.717, 1.165) is 18.4 Å². The molecule has 0 spiro atoms. The van der Waals surface area contributed by atoms with E-state index in [1.165, 1.54) is 11.3 Å². The first-order valence-electron chi connectivity index (χ1n) is 6.35. The molecular weight excluding hydrogens is 358 g/mol. The Labute approximate surface area is 132 Å². The van der Waals surface area contributed by atoms with Crippen molar-refractivity contribution in [2.75, 3.05) is 0 Å². The van der Waals surface area contributed by atoms with Crippen LogP contribution in [0.5, 0.6) is 0 Å². The molecule has 1 aromatic carbocycles. The van der Waals surface area contributed by atoms with E-state index in [1.807, 2.05) is 37.3 Å². The molecule has 1 aromatic heterocycles. The summed E-state index contributed by atoms with van der Waals surface area (Å²) in [6.45, 7) is 2.05. The lowest BCUT2D eigenvalue weighted by atomic mass is 10.0. The number of benzene rings is 1. The quantitative estimate of drug-likeness (QED) is 0.818. The van der Waals surface area contributed by atoms with Gasteiger partial charge in [-0.05, 0) is 39.4 Å². The molecule has 0 aliphatic heterocycles. The van der Waals surface area contributed by atoms with Crippen LogP contribution >= 0.6 is 27.3 Å². The van der Waals surface area contributed by atoms with Gasteiger partial charge in [0.15, 0.2) is 0 Å². The minimum absolute atomic E-state index is 0.194. The van der Waals surface area contributed by atoms with Gasteiger partial charge in [0.25, 0.3) is 10.0 Å². The molecule has 0 aliphatic carbocycles. The lowest BCUT2D eigenvalue weighted by Crippen LogP contribution is -2.28. The third kappa shape index (κ3) is 3.69. The third-order valence-corrected chi connectivity index (χ3v) is 7.05. The minimum atomic E-state index is -3.50. The van der Waals surface area contributed by atoms with E-state index < -0.39 is 10.0 Å². The van der Waals surface area contributed by atoms with Crippen molar-refractivity contribution in [3.8, 4) is 0 Å². The minimum Gasteiger partial charge on any atom is -0.206 e. The van der Waals surface area contributed by atoms with Crippen molar-refractivity contribution in [3.63, 3.8) is 0 Å². The molecule has 1 atom stereocenters. The zero-order valence-corrected chi connectivity index (χ0v) is 14.3. The highest BCUT2D eigenvalue weighted by Gasteiger charge is 2.23. The van der Waals surface area contributed by atoms with Gasteiger partial charge in [0.1, 0.15) is 4.21 Å². The van der Waals surface area contributed by atoms with Gasteiger partial charge in [0.2, 0.25) is 0 Å². The van der Waals surface area contributed by atoms with E-state index in [1.54, 1.807) is 11.4 Å². The Morgan fingerprint density at radius 2 is 1.95 bits per heavy atom. The second kappa shape index (κ2) is 6.85. The highest BCUT2D eigenvalue weighted by molar-refractivity contribution is 9.10. The smallest absolute Gasteiger partial charge is 0.206 e. The first-order chi connectivity index (χ1) is 9.54. The lowest BCUT2D eigenvalue weighted by Gasteiger charge is -2.18. The maximum absolute atomic E-state index is 12.4. The van der Waals surface area contributed by atoms with E-state index in [2.05, 4.69) is 20.7 Å². The number of nitrogens with one attached hydrogen (secondary N) is 1. The maximum Gasteiger partial charge on any atom is 0.251 e. The summed E-state index contributed by atoms with van der Waals surface area (Å²) in [6.07, 6.45) is 1.68. The van der Waals surface area contributed by atoms with E-state index in [4.69, 9.17) is 0 Å². The number of thiophene rings is 1. The fourth-order valence-electron chi connectivity index (χ4n) is 1.98. The molecule has 6 heteroatoms. The summed E-state index contributed by atoms with van der Waals surface area (Å²) in [4.78, 5) is 0. The van der Waals surface area contributed by atoms with Crippen LogP contribution in [0.4, 0.5) is 0 Å². The molecule has 108 valence electrons. The van der Waals surface area contributed by atoms with Crippen molar-refractivity contribution in [1.82, 2.24) is 4.72 Å². The molecule has 20 heavy (non-hydrogen) atoms. The van der Waals surface area contributed by atoms with Crippen LogP contribution in [0.25, 0.3) is 0 Å². The average molecular weight is 374 g/mol. The molecule has 0 aliphatic rings. The fourth-order valence-corrected chi connectivity index (χ4v) is 5.59. The van der Waals surface area contributed by atoms with E-state index in [-0.39, 0.29) is 6.04 Å². The van der Waals surface area contributed by atoms with Crippen LogP contribution in [0.2, 0.25) is 0 Å². The third-order valence-electron chi connectivity index (χ3n) is 2.91. The molecule has 0 radical (unpaired) electrons. The van der Waals surface area contributed by atoms with Crippen molar-refractivity contribution in [2.24, 2.45) is 0 Å². The first-order valence-corrected chi connectivity index (χ1v) is 9.50. The summed E-state index contributed by atoms with van der Waals surface area (Å²) in [5, 5.41) is 1.76. The highest BCUT2D eigenvalue weighted by atomic mass is 79.9. The van der Waals surface area contributed by atoms with Crippen LogP contribution < -0.4 is 4.72 Å². The van der Waals surface area contributed by atoms with Gasteiger partial charge in [-0.3, -0.25) is 0 Å². The van der Waals surface area contributed by atoms with Crippen LogP contribution in [-0.4, -0.2) is 8.42 Å². The summed E-state index contributed by atoms with van der Waals surface area (Å²) in [7, 11) is -3.50. The van der Waals surface area contributed by atoms with Crippen molar-refractivity contribution in [2.45, 2.75) is 30.0 Å². The van der Waals surface area contributed by atoms with Crippen molar-refractivity contribution < 1.29 is 8.42 Å². The van der Waals surface area contributed by atoms with Crippen LogP contribution in [-0.2, 0) is 10.0 Å². The van der Waals surface area contributed by atoms with Gasteiger partial charge in [-0.25, -0.2) is 13.1 Å². The number of sulfonamides is 1. The zero-order valence-electron chi connectivity index (χ0n) is 11.0. The molecule has 2 rings (SSSR count). The Morgan fingerprint density at radius 1 is 1.25 bits per heavy atom. The van der Waals surface area contributed by atoms with Gasteiger partial charge >= 0.3 is 0 Å². The summed E-state index contributed by atoms with van der Waals surface area (Å²) in [5.41, 5.74) is 0.991.